The molecule has 0 atom stereocenters. The topological polar surface area (TPSA) is 76.8 Å². The third kappa shape index (κ3) is 2.49. The first-order chi connectivity index (χ1) is 9.20. The van der Waals surface area contributed by atoms with Gasteiger partial charge in [-0.1, -0.05) is 6.07 Å². The van der Waals surface area contributed by atoms with Crippen LogP contribution in [0.1, 0.15) is 11.4 Å². The van der Waals surface area contributed by atoms with E-state index in [1.54, 1.807) is 12.3 Å². The van der Waals surface area contributed by atoms with Gasteiger partial charge >= 0.3 is 0 Å². The Morgan fingerprint density at radius 3 is 3.05 bits per heavy atom. The van der Waals surface area contributed by atoms with E-state index in [9.17, 15) is 0 Å². The zero-order valence-corrected chi connectivity index (χ0v) is 10.6. The molecule has 0 amide bonds. The van der Waals surface area contributed by atoms with Gasteiger partial charge in [-0.25, -0.2) is 9.97 Å². The van der Waals surface area contributed by atoms with Crippen molar-refractivity contribution in [1.82, 2.24) is 15.0 Å². The van der Waals surface area contributed by atoms with E-state index < -0.39 is 0 Å². The monoisotopic (exact) mass is 254 g/mol. The first-order valence-electron chi connectivity index (χ1n) is 6.00. The smallest absolute Gasteiger partial charge is 0.177 e. The van der Waals surface area contributed by atoms with E-state index >= 15 is 0 Å². The number of nitrogen functional groups attached to an aromatic ring is 1. The molecule has 0 radical (unpaired) electrons. The Morgan fingerprint density at radius 2 is 2.21 bits per heavy atom. The van der Waals surface area contributed by atoms with Crippen molar-refractivity contribution in [1.29, 1.82) is 0 Å². The molecule has 0 aliphatic heterocycles. The van der Waals surface area contributed by atoms with Gasteiger partial charge in [0.2, 0.25) is 0 Å². The molecule has 3 rings (SSSR count). The number of fused-ring (bicyclic) bond motifs is 1. The molecule has 0 unspecified atom stereocenters. The first-order valence-corrected chi connectivity index (χ1v) is 6.00. The molecule has 5 heteroatoms. The van der Waals surface area contributed by atoms with Crippen LogP contribution in [0.15, 0.2) is 36.5 Å². The molecule has 0 bridgehead atoms. The molecule has 2 aromatic heterocycles. The van der Waals surface area contributed by atoms with Gasteiger partial charge in [-0.15, -0.1) is 0 Å². The van der Waals surface area contributed by atoms with Crippen molar-refractivity contribution < 1.29 is 4.74 Å². The maximum Gasteiger partial charge on any atom is 0.177 e. The highest BCUT2D eigenvalue weighted by atomic mass is 16.5. The highest BCUT2D eigenvalue weighted by molar-refractivity contribution is 5.70. The Balaban J connectivity index is 1.78. The molecule has 0 spiro atoms. The molecule has 0 aliphatic rings. The second-order valence-corrected chi connectivity index (χ2v) is 4.43. The molecule has 19 heavy (non-hydrogen) atoms. The summed E-state index contributed by atoms with van der Waals surface area (Å²) >= 11 is 0. The number of nitrogens with zero attached hydrogens (tertiary/aromatic N) is 2. The minimum atomic E-state index is 0.360. The number of hydrogen-bond donors (Lipinski definition) is 2. The summed E-state index contributed by atoms with van der Waals surface area (Å²) in [6.07, 6.45) is 1.80. The number of aryl methyl sites for hydroxylation is 1. The third-order valence-electron chi connectivity index (χ3n) is 2.76. The molecule has 0 saturated heterocycles. The molecule has 5 nitrogen and oxygen atoms in total. The molecule has 3 N–H and O–H groups in total. The number of rotatable bonds is 3. The van der Waals surface area contributed by atoms with Crippen LogP contribution in [0.25, 0.3) is 11.2 Å². The van der Waals surface area contributed by atoms with Crippen molar-refractivity contribution in [2.75, 3.05) is 5.73 Å². The molecule has 0 saturated carbocycles. The molecule has 96 valence electrons. The molecule has 0 fully saturated rings. The Morgan fingerprint density at radius 1 is 1.32 bits per heavy atom. The molecule has 3 aromatic rings. The third-order valence-corrected chi connectivity index (χ3v) is 2.76. The number of ether oxygens (including phenoxy) is 1. The predicted molar refractivity (Wildman–Crippen MR) is 73.8 cm³/mol. The van der Waals surface area contributed by atoms with Crippen LogP contribution in [0.2, 0.25) is 0 Å². The zero-order chi connectivity index (χ0) is 13.2. The number of hydrogen-bond acceptors (Lipinski definition) is 4. The summed E-state index contributed by atoms with van der Waals surface area (Å²) in [5.74, 6) is 1.47. The van der Waals surface area contributed by atoms with E-state index in [1.807, 2.05) is 31.2 Å². The minimum Gasteiger partial charge on any atom is -0.486 e. The number of imidazole rings is 1. The maximum absolute atomic E-state index is 5.69. The fourth-order valence-corrected chi connectivity index (χ4v) is 1.88. The number of pyridine rings is 1. The summed E-state index contributed by atoms with van der Waals surface area (Å²) < 4.78 is 5.63. The van der Waals surface area contributed by atoms with Crippen LogP contribution < -0.4 is 10.5 Å². The average molecular weight is 254 g/mol. The van der Waals surface area contributed by atoms with Gasteiger partial charge in [0.25, 0.3) is 0 Å². The Bertz CT molecular complexity index is 720. The SMILES string of the molecule is Cc1cnc2nc(COc3cccc(N)c3)[nH]c2c1. The van der Waals surface area contributed by atoms with Gasteiger partial charge in [-0.05, 0) is 30.7 Å². The van der Waals surface area contributed by atoms with Gasteiger partial charge in [0.05, 0.1) is 5.52 Å². The van der Waals surface area contributed by atoms with Crippen molar-refractivity contribution in [2.45, 2.75) is 13.5 Å². The highest BCUT2D eigenvalue weighted by Gasteiger charge is 2.04. The Hall–Kier alpha value is -2.56. The number of nitrogens with two attached hydrogens (primary N) is 1. The molecule has 2 heterocycles. The number of H-pyrrole nitrogens is 1. The number of aromatic nitrogens is 3. The van der Waals surface area contributed by atoms with E-state index in [0.717, 1.165) is 22.7 Å². The van der Waals surface area contributed by atoms with E-state index in [0.29, 0.717) is 17.9 Å². The van der Waals surface area contributed by atoms with Crippen molar-refractivity contribution in [3.05, 3.63) is 47.9 Å². The highest BCUT2D eigenvalue weighted by Crippen LogP contribution is 2.16. The maximum atomic E-state index is 5.69. The summed E-state index contributed by atoms with van der Waals surface area (Å²) in [5.41, 5.74) is 9.10. The Labute approximate surface area is 110 Å². The van der Waals surface area contributed by atoms with Gasteiger partial charge < -0.3 is 15.5 Å². The van der Waals surface area contributed by atoms with Gasteiger partial charge in [-0.3, -0.25) is 0 Å². The largest absolute Gasteiger partial charge is 0.486 e. The molecule has 1 aromatic carbocycles. The predicted octanol–water partition coefficient (Wildman–Crippen LogP) is 2.43. The van der Waals surface area contributed by atoms with E-state index in [-0.39, 0.29) is 0 Å². The Kier molecular flexibility index (Phi) is 2.79. The van der Waals surface area contributed by atoms with Crippen molar-refractivity contribution in [2.24, 2.45) is 0 Å². The summed E-state index contributed by atoms with van der Waals surface area (Å²) in [6.45, 7) is 2.36. The number of aromatic amines is 1. The standard InChI is InChI=1S/C14H14N4O/c1-9-5-12-14(16-7-9)18-13(17-12)8-19-11-4-2-3-10(15)6-11/h2-7H,8,15H2,1H3,(H,16,17,18). The normalized spacial score (nSPS) is 10.8. The minimum absolute atomic E-state index is 0.360. The van der Waals surface area contributed by atoms with Crippen LogP contribution >= 0.6 is 0 Å². The van der Waals surface area contributed by atoms with Gasteiger partial charge in [-0.2, -0.15) is 0 Å². The number of anilines is 1. The average Bonchev–Trinajstić information content (AvgIpc) is 2.78. The first kappa shape index (κ1) is 11.5. The fraction of sp³-hybridized carbons (Fsp3) is 0.143. The lowest BCUT2D eigenvalue weighted by molar-refractivity contribution is 0.297. The second kappa shape index (κ2) is 4.61. The molecular formula is C14H14N4O. The van der Waals surface area contributed by atoms with Crippen LogP contribution in [-0.4, -0.2) is 15.0 Å². The molecular weight excluding hydrogens is 240 g/mol. The lowest BCUT2D eigenvalue weighted by Gasteiger charge is -2.04. The number of benzene rings is 1. The van der Waals surface area contributed by atoms with Crippen LogP contribution in [0.3, 0.4) is 0 Å². The van der Waals surface area contributed by atoms with Crippen LogP contribution in [0, 0.1) is 6.92 Å². The number of nitrogens with one attached hydrogen (secondary N) is 1. The van der Waals surface area contributed by atoms with E-state index in [2.05, 4.69) is 15.0 Å². The lowest BCUT2D eigenvalue weighted by Crippen LogP contribution is -1.97. The van der Waals surface area contributed by atoms with E-state index in [1.165, 1.54) is 0 Å². The van der Waals surface area contributed by atoms with Crippen LogP contribution in [0.4, 0.5) is 5.69 Å². The fourth-order valence-electron chi connectivity index (χ4n) is 1.88. The van der Waals surface area contributed by atoms with Gasteiger partial charge in [0.15, 0.2) is 5.65 Å². The van der Waals surface area contributed by atoms with Gasteiger partial charge in [0.1, 0.15) is 18.2 Å². The van der Waals surface area contributed by atoms with Crippen LogP contribution in [0.5, 0.6) is 5.75 Å². The summed E-state index contributed by atoms with van der Waals surface area (Å²) in [6, 6.07) is 9.33. The van der Waals surface area contributed by atoms with E-state index in [4.69, 9.17) is 10.5 Å². The quantitative estimate of drug-likeness (QED) is 0.704. The summed E-state index contributed by atoms with van der Waals surface area (Å²) in [7, 11) is 0. The van der Waals surface area contributed by atoms with Crippen molar-refractivity contribution >= 4 is 16.9 Å². The second-order valence-electron chi connectivity index (χ2n) is 4.43. The van der Waals surface area contributed by atoms with Crippen LogP contribution in [-0.2, 0) is 6.61 Å². The molecule has 0 aliphatic carbocycles. The van der Waals surface area contributed by atoms with Crippen molar-refractivity contribution in [3.63, 3.8) is 0 Å². The lowest BCUT2D eigenvalue weighted by atomic mass is 10.3. The van der Waals surface area contributed by atoms with Gasteiger partial charge in [0, 0.05) is 18.0 Å². The summed E-state index contributed by atoms with van der Waals surface area (Å²) in [4.78, 5) is 11.8. The van der Waals surface area contributed by atoms with Crippen molar-refractivity contribution in [3.8, 4) is 5.75 Å². The summed E-state index contributed by atoms with van der Waals surface area (Å²) in [5, 5.41) is 0. The zero-order valence-electron chi connectivity index (χ0n) is 10.6.